The molecule has 1 aliphatic rings. The fourth-order valence-corrected chi connectivity index (χ4v) is 3.70. The highest BCUT2D eigenvalue weighted by atomic mass is 79.9. The van der Waals surface area contributed by atoms with E-state index >= 15 is 0 Å². The molecule has 5 heteroatoms. The van der Waals surface area contributed by atoms with Gasteiger partial charge in [-0.05, 0) is 70.9 Å². The number of carbonyl (C=O) groups excluding carboxylic acids is 1. The first-order chi connectivity index (χ1) is 11.8. The molecule has 0 N–H and O–H groups in total. The number of hydrogen-bond donors (Lipinski definition) is 0. The van der Waals surface area contributed by atoms with Gasteiger partial charge in [0.05, 0.1) is 11.2 Å². The lowest BCUT2D eigenvalue weighted by molar-refractivity contribution is -0.154. The molecule has 1 fully saturated rings. The fraction of sp³-hybridized carbons (Fsp3) is 0.600. The number of esters is 1. The van der Waals surface area contributed by atoms with Gasteiger partial charge >= 0.3 is 5.97 Å². The largest absolute Gasteiger partial charge is 0.460 e. The predicted molar refractivity (Wildman–Crippen MR) is 103 cm³/mol. The van der Waals surface area contributed by atoms with E-state index in [2.05, 4.69) is 22.0 Å². The minimum atomic E-state index is -0.399. The maximum absolute atomic E-state index is 11.8. The number of aryl methyl sites for hydroxylation is 1. The van der Waals surface area contributed by atoms with Crippen molar-refractivity contribution in [3.63, 3.8) is 0 Å². The quantitative estimate of drug-likeness (QED) is 0.475. The number of halogens is 1. The van der Waals surface area contributed by atoms with Crippen molar-refractivity contribution in [1.82, 2.24) is 9.61 Å². The standard InChI is InChI=1S/C20H27BrN2O2/c1-20(2,3)25-18(24)10-5-4-9-16-19(14-7-6-8-14)17-13-15(21)11-12-23(17)22-16/h11-14H,4-10H2,1-3H3. The molecular weight excluding hydrogens is 380 g/mol. The Kier molecular flexibility index (Phi) is 5.52. The van der Waals surface area contributed by atoms with Crippen LogP contribution in [0.1, 0.15) is 76.5 Å². The highest BCUT2D eigenvalue weighted by molar-refractivity contribution is 9.10. The summed E-state index contributed by atoms with van der Waals surface area (Å²) in [5.41, 5.74) is 3.45. The van der Waals surface area contributed by atoms with Gasteiger partial charge in [-0.1, -0.05) is 22.4 Å². The molecule has 3 rings (SSSR count). The van der Waals surface area contributed by atoms with Gasteiger partial charge in [0, 0.05) is 22.7 Å². The van der Waals surface area contributed by atoms with Gasteiger partial charge in [-0.15, -0.1) is 0 Å². The molecule has 0 amide bonds. The van der Waals surface area contributed by atoms with Crippen LogP contribution in [0.5, 0.6) is 0 Å². The highest BCUT2D eigenvalue weighted by Crippen LogP contribution is 2.41. The number of aromatic nitrogens is 2. The minimum Gasteiger partial charge on any atom is -0.460 e. The molecular formula is C20H27BrN2O2. The summed E-state index contributed by atoms with van der Waals surface area (Å²) in [5, 5.41) is 4.81. The number of rotatable bonds is 6. The average molecular weight is 407 g/mol. The van der Waals surface area contributed by atoms with Gasteiger partial charge in [-0.2, -0.15) is 5.10 Å². The molecule has 25 heavy (non-hydrogen) atoms. The molecule has 0 bridgehead atoms. The summed E-state index contributed by atoms with van der Waals surface area (Å²) < 4.78 is 8.47. The van der Waals surface area contributed by atoms with E-state index in [4.69, 9.17) is 9.84 Å². The van der Waals surface area contributed by atoms with Gasteiger partial charge in [0.1, 0.15) is 5.60 Å². The third-order valence-electron chi connectivity index (χ3n) is 4.69. The van der Waals surface area contributed by atoms with Gasteiger partial charge in [0.2, 0.25) is 0 Å². The Morgan fingerprint density at radius 3 is 2.76 bits per heavy atom. The molecule has 0 unspecified atom stereocenters. The van der Waals surface area contributed by atoms with Crippen LogP contribution >= 0.6 is 15.9 Å². The van der Waals surface area contributed by atoms with Crippen LogP contribution in [0.2, 0.25) is 0 Å². The van der Waals surface area contributed by atoms with Gasteiger partial charge in [-0.25, -0.2) is 4.52 Å². The topological polar surface area (TPSA) is 43.6 Å². The van der Waals surface area contributed by atoms with E-state index in [1.165, 1.54) is 36.0 Å². The number of carbonyl (C=O) groups is 1. The molecule has 1 aliphatic carbocycles. The lowest BCUT2D eigenvalue weighted by Crippen LogP contribution is -2.23. The Bertz CT molecular complexity index is 757. The van der Waals surface area contributed by atoms with Gasteiger partial charge in [0.25, 0.3) is 0 Å². The maximum atomic E-state index is 11.8. The first kappa shape index (κ1) is 18.4. The molecule has 0 saturated heterocycles. The second kappa shape index (κ2) is 7.48. The second-order valence-corrected chi connectivity index (χ2v) is 8.87. The summed E-state index contributed by atoms with van der Waals surface area (Å²) in [6.07, 6.45) is 9.07. The predicted octanol–water partition coefficient (Wildman–Crippen LogP) is 5.42. The highest BCUT2D eigenvalue weighted by Gasteiger charge is 2.26. The Labute approximate surface area is 158 Å². The first-order valence-electron chi connectivity index (χ1n) is 9.22. The number of fused-ring (bicyclic) bond motifs is 1. The van der Waals surface area contributed by atoms with Gasteiger partial charge in [-0.3, -0.25) is 4.79 Å². The van der Waals surface area contributed by atoms with Crippen LogP contribution < -0.4 is 0 Å². The van der Waals surface area contributed by atoms with Crippen molar-refractivity contribution in [1.29, 1.82) is 0 Å². The molecule has 1 saturated carbocycles. The minimum absolute atomic E-state index is 0.106. The zero-order chi connectivity index (χ0) is 18.0. The summed E-state index contributed by atoms with van der Waals surface area (Å²) in [5.74, 6) is 0.540. The van der Waals surface area contributed by atoms with E-state index in [-0.39, 0.29) is 5.97 Å². The van der Waals surface area contributed by atoms with Crippen LogP contribution in [-0.4, -0.2) is 21.2 Å². The molecule has 4 nitrogen and oxygen atoms in total. The average Bonchev–Trinajstić information content (AvgIpc) is 2.78. The molecule has 2 heterocycles. The van der Waals surface area contributed by atoms with Crippen LogP contribution in [0.25, 0.3) is 5.52 Å². The lowest BCUT2D eigenvalue weighted by Gasteiger charge is -2.26. The van der Waals surface area contributed by atoms with Crippen molar-refractivity contribution in [3.8, 4) is 0 Å². The van der Waals surface area contributed by atoms with Gasteiger partial charge in [0.15, 0.2) is 0 Å². The van der Waals surface area contributed by atoms with E-state index in [1.807, 2.05) is 37.5 Å². The molecule has 0 spiro atoms. The molecule has 136 valence electrons. The van der Waals surface area contributed by atoms with Crippen molar-refractivity contribution in [2.24, 2.45) is 0 Å². The smallest absolute Gasteiger partial charge is 0.306 e. The zero-order valence-corrected chi connectivity index (χ0v) is 16.9. The van der Waals surface area contributed by atoms with E-state index in [1.54, 1.807) is 0 Å². The number of pyridine rings is 1. The number of unbranched alkanes of at least 4 members (excludes halogenated alkanes) is 1. The Morgan fingerprint density at radius 1 is 1.36 bits per heavy atom. The van der Waals surface area contributed by atoms with Gasteiger partial charge < -0.3 is 4.74 Å². The van der Waals surface area contributed by atoms with Crippen molar-refractivity contribution in [3.05, 3.63) is 34.1 Å². The first-order valence-corrected chi connectivity index (χ1v) is 10.0. The molecule has 2 aromatic heterocycles. The van der Waals surface area contributed by atoms with Crippen LogP contribution in [0.4, 0.5) is 0 Å². The normalized spacial score (nSPS) is 15.4. The fourth-order valence-electron chi connectivity index (χ4n) is 3.37. The molecule has 0 radical (unpaired) electrons. The Balaban J connectivity index is 1.64. The Morgan fingerprint density at radius 2 is 2.12 bits per heavy atom. The SMILES string of the molecule is CC(C)(C)OC(=O)CCCCc1nn2ccc(Br)cc2c1C1CCC1. The van der Waals surface area contributed by atoms with E-state index in [0.717, 1.165) is 23.7 Å². The maximum Gasteiger partial charge on any atom is 0.306 e. The van der Waals surface area contributed by atoms with Crippen LogP contribution in [0.3, 0.4) is 0 Å². The van der Waals surface area contributed by atoms with Crippen molar-refractivity contribution >= 4 is 27.4 Å². The summed E-state index contributed by atoms with van der Waals surface area (Å²) in [6, 6.07) is 4.20. The number of ether oxygens (including phenoxy) is 1. The van der Waals surface area contributed by atoms with Crippen LogP contribution in [0, 0.1) is 0 Å². The third-order valence-corrected chi connectivity index (χ3v) is 5.18. The summed E-state index contributed by atoms with van der Waals surface area (Å²) >= 11 is 3.58. The second-order valence-electron chi connectivity index (χ2n) is 7.96. The van der Waals surface area contributed by atoms with E-state index in [0.29, 0.717) is 12.3 Å². The summed E-state index contributed by atoms with van der Waals surface area (Å²) in [6.45, 7) is 5.72. The van der Waals surface area contributed by atoms with Crippen LogP contribution in [-0.2, 0) is 16.0 Å². The van der Waals surface area contributed by atoms with E-state index < -0.39 is 5.60 Å². The lowest BCUT2D eigenvalue weighted by atomic mass is 9.79. The molecule has 0 atom stereocenters. The van der Waals surface area contributed by atoms with Crippen molar-refractivity contribution < 1.29 is 9.53 Å². The monoisotopic (exact) mass is 406 g/mol. The summed E-state index contributed by atoms with van der Waals surface area (Å²) in [4.78, 5) is 11.8. The number of hydrogen-bond acceptors (Lipinski definition) is 3. The number of nitrogens with zero attached hydrogens (tertiary/aromatic N) is 2. The third kappa shape index (κ3) is 4.63. The van der Waals surface area contributed by atoms with Crippen molar-refractivity contribution in [2.75, 3.05) is 0 Å². The summed E-state index contributed by atoms with van der Waals surface area (Å²) in [7, 11) is 0. The Hall–Kier alpha value is -1.36. The molecule has 0 aromatic carbocycles. The molecule has 2 aromatic rings. The van der Waals surface area contributed by atoms with Crippen LogP contribution in [0.15, 0.2) is 22.8 Å². The molecule has 0 aliphatic heterocycles. The van der Waals surface area contributed by atoms with E-state index in [9.17, 15) is 4.79 Å². The van der Waals surface area contributed by atoms with Crippen molar-refractivity contribution in [2.45, 2.75) is 77.2 Å². The zero-order valence-electron chi connectivity index (χ0n) is 15.3.